The van der Waals surface area contributed by atoms with Gasteiger partial charge in [0.25, 0.3) is 0 Å². The molecule has 19 heavy (non-hydrogen) atoms. The summed E-state index contributed by atoms with van der Waals surface area (Å²) < 4.78 is 0. The van der Waals surface area contributed by atoms with Crippen molar-refractivity contribution in [3.63, 3.8) is 0 Å². The highest BCUT2D eigenvalue weighted by Gasteiger charge is 2.28. The third kappa shape index (κ3) is 3.47. The molecule has 0 aromatic carbocycles. The van der Waals surface area contributed by atoms with Crippen molar-refractivity contribution in [3.05, 3.63) is 22.4 Å². The fourth-order valence-corrected chi connectivity index (χ4v) is 2.98. The summed E-state index contributed by atoms with van der Waals surface area (Å²) >= 11 is 1.60. The molecule has 2 heterocycles. The van der Waals surface area contributed by atoms with Crippen molar-refractivity contribution in [3.8, 4) is 0 Å². The van der Waals surface area contributed by atoms with E-state index in [9.17, 15) is 9.59 Å². The predicted octanol–water partition coefficient (Wildman–Crippen LogP) is 2.32. The Morgan fingerprint density at radius 3 is 3.00 bits per heavy atom. The number of nitrogens with zero attached hydrogens (tertiary/aromatic N) is 1. The van der Waals surface area contributed by atoms with Crippen molar-refractivity contribution < 1.29 is 14.7 Å². The molecule has 0 bridgehead atoms. The van der Waals surface area contributed by atoms with Crippen LogP contribution in [0.4, 0.5) is 4.79 Å². The molecule has 0 spiro atoms. The van der Waals surface area contributed by atoms with Gasteiger partial charge in [0, 0.05) is 18.0 Å². The molecule has 1 aromatic rings. The van der Waals surface area contributed by atoms with Gasteiger partial charge in [0.1, 0.15) is 0 Å². The van der Waals surface area contributed by atoms with E-state index in [0.29, 0.717) is 19.5 Å². The van der Waals surface area contributed by atoms with E-state index in [0.717, 1.165) is 11.3 Å². The van der Waals surface area contributed by atoms with E-state index in [4.69, 9.17) is 5.11 Å². The summed E-state index contributed by atoms with van der Waals surface area (Å²) in [4.78, 5) is 25.8. The summed E-state index contributed by atoms with van der Waals surface area (Å²) in [6.45, 7) is 2.87. The number of likely N-dealkylation sites (tertiary alicyclic amines) is 1. The molecule has 0 saturated carbocycles. The van der Waals surface area contributed by atoms with E-state index in [2.05, 4.69) is 5.32 Å². The van der Waals surface area contributed by atoms with Crippen molar-refractivity contribution >= 4 is 23.3 Å². The number of carbonyl (C=O) groups excluding carboxylic acids is 1. The van der Waals surface area contributed by atoms with E-state index < -0.39 is 11.9 Å². The van der Waals surface area contributed by atoms with Gasteiger partial charge in [-0.1, -0.05) is 6.07 Å². The van der Waals surface area contributed by atoms with E-state index in [-0.39, 0.29) is 12.1 Å². The Balaban J connectivity index is 1.91. The average molecular weight is 282 g/mol. The van der Waals surface area contributed by atoms with Crippen molar-refractivity contribution in [1.29, 1.82) is 0 Å². The molecule has 1 aliphatic heterocycles. The Kier molecular flexibility index (Phi) is 4.42. The lowest BCUT2D eigenvalue weighted by molar-refractivity contribution is -0.143. The lowest BCUT2D eigenvalue weighted by atomic mass is 9.99. The van der Waals surface area contributed by atoms with E-state index in [1.165, 1.54) is 0 Å². The molecule has 1 fully saturated rings. The lowest BCUT2D eigenvalue weighted by Gasteiger charge is -2.31. The Labute approximate surface area is 116 Å². The highest BCUT2D eigenvalue weighted by molar-refractivity contribution is 7.10. The number of urea groups is 1. The predicted molar refractivity (Wildman–Crippen MR) is 73.2 cm³/mol. The Hall–Kier alpha value is -1.56. The summed E-state index contributed by atoms with van der Waals surface area (Å²) in [5.41, 5.74) is 0. The molecular formula is C13H18N2O3S. The first-order valence-electron chi connectivity index (χ1n) is 6.39. The SMILES string of the molecule is CC(NC(=O)N1CCC[C@@H](C(=O)O)C1)c1cccs1. The maximum Gasteiger partial charge on any atom is 0.317 e. The third-order valence-electron chi connectivity index (χ3n) is 3.37. The van der Waals surface area contributed by atoms with Gasteiger partial charge in [-0.25, -0.2) is 4.79 Å². The van der Waals surface area contributed by atoms with Gasteiger partial charge in [0.2, 0.25) is 0 Å². The van der Waals surface area contributed by atoms with Crippen LogP contribution < -0.4 is 5.32 Å². The molecule has 0 radical (unpaired) electrons. The fraction of sp³-hybridized carbons (Fsp3) is 0.538. The zero-order chi connectivity index (χ0) is 13.8. The molecule has 2 N–H and O–H groups in total. The molecule has 5 nitrogen and oxygen atoms in total. The van der Waals surface area contributed by atoms with Crippen molar-refractivity contribution in [2.24, 2.45) is 5.92 Å². The molecule has 0 aliphatic carbocycles. The number of aliphatic carboxylic acids is 1. The highest BCUT2D eigenvalue weighted by atomic mass is 32.1. The number of carboxylic acids is 1. The second-order valence-corrected chi connectivity index (χ2v) is 5.79. The number of hydrogen-bond acceptors (Lipinski definition) is 3. The summed E-state index contributed by atoms with van der Waals surface area (Å²) in [5, 5.41) is 13.9. The molecule has 1 saturated heterocycles. The summed E-state index contributed by atoms with van der Waals surface area (Å²) in [5.74, 6) is -1.25. The largest absolute Gasteiger partial charge is 0.481 e. The van der Waals surface area contributed by atoms with Crippen LogP contribution in [0.1, 0.15) is 30.7 Å². The van der Waals surface area contributed by atoms with Crippen LogP contribution in [-0.2, 0) is 4.79 Å². The van der Waals surface area contributed by atoms with Gasteiger partial charge in [0.15, 0.2) is 0 Å². The maximum atomic E-state index is 12.1. The number of rotatable bonds is 3. The number of carbonyl (C=O) groups is 2. The van der Waals surface area contributed by atoms with Crippen LogP contribution in [-0.4, -0.2) is 35.1 Å². The van der Waals surface area contributed by atoms with Gasteiger partial charge >= 0.3 is 12.0 Å². The Morgan fingerprint density at radius 1 is 1.58 bits per heavy atom. The molecule has 2 amide bonds. The summed E-state index contributed by atoms with van der Waals surface area (Å²) in [7, 11) is 0. The standard InChI is InChI=1S/C13H18N2O3S/c1-9(11-5-3-7-19-11)14-13(18)15-6-2-4-10(8-15)12(16)17/h3,5,7,9-10H,2,4,6,8H2,1H3,(H,14,18)(H,16,17)/t9?,10-/m1/s1. The number of nitrogens with one attached hydrogen (secondary N) is 1. The van der Waals surface area contributed by atoms with Gasteiger partial charge in [-0.3, -0.25) is 4.79 Å². The maximum absolute atomic E-state index is 12.1. The Bertz CT molecular complexity index is 447. The quantitative estimate of drug-likeness (QED) is 0.894. The third-order valence-corrected chi connectivity index (χ3v) is 4.42. The molecule has 1 aliphatic rings. The van der Waals surface area contributed by atoms with Crippen LogP contribution in [0.2, 0.25) is 0 Å². The first kappa shape index (κ1) is 13.9. The zero-order valence-electron chi connectivity index (χ0n) is 10.8. The fourth-order valence-electron chi connectivity index (χ4n) is 2.25. The smallest absolute Gasteiger partial charge is 0.317 e. The molecule has 104 valence electrons. The number of piperidine rings is 1. The Morgan fingerprint density at radius 2 is 2.37 bits per heavy atom. The van der Waals surface area contributed by atoms with Gasteiger partial charge in [-0.05, 0) is 31.2 Å². The highest BCUT2D eigenvalue weighted by Crippen LogP contribution is 2.20. The van der Waals surface area contributed by atoms with Gasteiger partial charge in [-0.2, -0.15) is 0 Å². The molecule has 1 aromatic heterocycles. The second kappa shape index (κ2) is 6.06. The number of carboxylic acid groups (broad SMARTS) is 1. The van der Waals surface area contributed by atoms with Crippen molar-refractivity contribution in [2.45, 2.75) is 25.8 Å². The zero-order valence-corrected chi connectivity index (χ0v) is 11.7. The van der Waals surface area contributed by atoms with Gasteiger partial charge in [0.05, 0.1) is 12.0 Å². The van der Waals surface area contributed by atoms with Gasteiger partial charge < -0.3 is 15.3 Å². The minimum Gasteiger partial charge on any atom is -0.481 e. The van der Waals surface area contributed by atoms with E-state index >= 15 is 0 Å². The topological polar surface area (TPSA) is 69.6 Å². The number of hydrogen-bond donors (Lipinski definition) is 2. The number of thiophene rings is 1. The normalized spacial score (nSPS) is 20.9. The lowest BCUT2D eigenvalue weighted by Crippen LogP contribution is -2.47. The minimum atomic E-state index is -0.816. The van der Waals surface area contributed by atoms with Gasteiger partial charge in [-0.15, -0.1) is 11.3 Å². The molecule has 2 rings (SSSR count). The molecule has 2 atom stereocenters. The molecular weight excluding hydrogens is 264 g/mol. The van der Waals surface area contributed by atoms with Crippen LogP contribution >= 0.6 is 11.3 Å². The number of amides is 2. The molecule has 1 unspecified atom stereocenters. The van der Waals surface area contributed by atoms with Crippen LogP contribution in [0.3, 0.4) is 0 Å². The van der Waals surface area contributed by atoms with E-state index in [1.54, 1.807) is 16.2 Å². The monoisotopic (exact) mass is 282 g/mol. The van der Waals surface area contributed by atoms with Crippen LogP contribution in [0.25, 0.3) is 0 Å². The van der Waals surface area contributed by atoms with Crippen molar-refractivity contribution in [2.75, 3.05) is 13.1 Å². The van der Waals surface area contributed by atoms with Crippen LogP contribution in [0.5, 0.6) is 0 Å². The average Bonchev–Trinajstić information content (AvgIpc) is 2.92. The summed E-state index contributed by atoms with van der Waals surface area (Å²) in [6.07, 6.45) is 1.40. The summed E-state index contributed by atoms with van der Waals surface area (Å²) in [6, 6.07) is 3.71. The van der Waals surface area contributed by atoms with Crippen LogP contribution in [0, 0.1) is 5.92 Å². The minimum absolute atomic E-state index is 0.0438. The van der Waals surface area contributed by atoms with Crippen LogP contribution in [0.15, 0.2) is 17.5 Å². The first-order valence-corrected chi connectivity index (χ1v) is 7.27. The van der Waals surface area contributed by atoms with Crippen molar-refractivity contribution in [1.82, 2.24) is 10.2 Å². The van der Waals surface area contributed by atoms with E-state index in [1.807, 2.05) is 24.4 Å². The second-order valence-electron chi connectivity index (χ2n) is 4.81. The first-order chi connectivity index (χ1) is 9.08. The molecule has 6 heteroatoms.